The topological polar surface area (TPSA) is 37.8 Å². The normalized spacial score (nSPS) is 14.8. The molecule has 3 heteroatoms. The molecule has 0 saturated heterocycles. The van der Waals surface area contributed by atoms with Crippen molar-refractivity contribution < 1.29 is 0 Å². The average Bonchev–Trinajstić information content (AvgIpc) is 2.27. The highest BCUT2D eigenvalue weighted by atomic mass is 14.9. The molecule has 0 aliphatic rings. The first kappa shape index (κ1) is 13.1. The minimum absolute atomic E-state index is 0.472. The first-order valence-corrected chi connectivity index (χ1v) is 6.21. The van der Waals surface area contributed by atoms with Crippen LogP contribution in [0.2, 0.25) is 0 Å². The lowest BCUT2D eigenvalue weighted by Gasteiger charge is -2.23. The second-order valence-corrected chi connectivity index (χ2v) is 4.34. The van der Waals surface area contributed by atoms with Crippen LogP contribution in [0.5, 0.6) is 0 Å². The highest BCUT2D eigenvalue weighted by Gasteiger charge is 2.18. The molecule has 1 N–H and O–H groups in total. The van der Waals surface area contributed by atoms with E-state index in [1.807, 2.05) is 6.92 Å². The zero-order chi connectivity index (χ0) is 12.0. The third-order valence-corrected chi connectivity index (χ3v) is 2.96. The van der Waals surface area contributed by atoms with Gasteiger partial charge in [0.1, 0.15) is 6.33 Å². The van der Waals surface area contributed by atoms with Gasteiger partial charge in [0.25, 0.3) is 0 Å². The second-order valence-electron chi connectivity index (χ2n) is 4.34. The molecule has 0 aliphatic carbocycles. The third kappa shape index (κ3) is 3.56. The maximum atomic E-state index is 4.39. The van der Waals surface area contributed by atoms with Crippen molar-refractivity contribution in [2.75, 3.05) is 6.54 Å². The molecule has 1 rings (SSSR count). The highest BCUT2D eigenvalue weighted by molar-refractivity contribution is 5.13. The fourth-order valence-electron chi connectivity index (χ4n) is 2.01. The zero-order valence-corrected chi connectivity index (χ0v) is 10.8. The summed E-state index contributed by atoms with van der Waals surface area (Å²) in [5, 5.41) is 3.54. The van der Waals surface area contributed by atoms with E-state index in [0.29, 0.717) is 12.0 Å². The van der Waals surface area contributed by atoms with Crippen LogP contribution in [0.3, 0.4) is 0 Å². The van der Waals surface area contributed by atoms with Crippen LogP contribution in [-0.2, 0) is 0 Å². The number of hydrogen-bond acceptors (Lipinski definition) is 3. The molecule has 2 atom stereocenters. The molecule has 0 saturated carbocycles. The largest absolute Gasteiger partial charge is 0.314 e. The summed E-state index contributed by atoms with van der Waals surface area (Å²) in [6.07, 6.45) is 3.94. The molecule has 1 aromatic heterocycles. The quantitative estimate of drug-likeness (QED) is 0.802. The number of nitrogens with zero attached hydrogens (tertiary/aromatic N) is 2. The first-order chi connectivity index (χ1) is 7.69. The van der Waals surface area contributed by atoms with Gasteiger partial charge in [-0.05, 0) is 39.3 Å². The summed E-state index contributed by atoms with van der Waals surface area (Å²) in [6, 6.07) is 2.57. The van der Waals surface area contributed by atoms with Crippen molar-refractivity contribution in [1.29, 1.82) is 0 Å². The Morgan fingerprint density at radius 3 is 2.62 bits per heavy atom. The van der Waals surface area contributed by atoms with Gasteiger partial charge in [-0.25, -0.2) is 9.97 Å². The minimum Gasteiger partial charge on any atom is -0.314 e. The fraction of sp³-hybridized carbons (Fsp3) is 0.692. The van der Waals surface area contributed by atoms with Crippen LogP contribution in [-0.4, -0.2) is 22.6 Å². The standard InChI is InChI=1S/C13H23N3/c1-5-7-14-11(4)12(6-2)13-8-10(3)15-9-16-13/h8-9,11-12,14H,5-7H2,1-4H3. The predicted molar refractivity (Wildman–Crippen MR) is 67.6 cm³/mol. The molecule has 0 spiro atoms. The van der Waals surface area contributed by atoms with Crippen molar-refractivity contribution in [3.8, 4) is 0 Å². The Balaban J connectivity index is 2.73. The number of hydrogen-bond donors (Lipinski definition) is 1. The summed E-state index contributed by atoms with van der Waals surface area (Å²) in [4.78, 5) is 8.54. The lowest BCUT2D eigenvalue weighted by atomic mass is 9.94. The van der Waals surface area contributed by atoms with E-state index >= 15 is 0 Å². The molecule has 0 bridgehead atoms. The van der Waals surface area contributed by atoms with E-state index < -0.39 is 0 Å². The van der Waals surface area contributed by atoms with Crippen molar-refractivity contribution in [2.45, 2.75) is 52.5 Å². The van der Waals surface area contributed by atoms with Crippen LogP contribution in [0.1, 0.15) is 50.9 Å². The van der Waals surface area contributed by atoms with Gasteiger partial charge >= 0.3 is 0 Å². The summed E-state index contributed by atoms with van der Waals surface area (Å²) in [6.45, 7) is 9.73. The van der Waals surface area contributed by atoms with E-state index in [-0.39, 0.29) is 0 Å². The van der Waals surface area contributed by atoms with Crippen molar-refractivity contribution in [2.24, 2.45) is 0 Å². The van der Waals surface area contributed by atoms with Crippen molar-refractivity contribution >= 4 is 0 Å². The van der Waals surface area contributed by atoms with E-state index in [0.717, 1.165) is 24.4 Å². The number of aryl methyl sites for hydroxylation is 1. The van der Waals surface area contributed by atoms with Crippen LogP contribution in [0.4, 0.5) is 0 Å². The summed E-state index contributed by atoms with van der Waals surface area (Å²) in [7, 11) is 0. The first-order valence-electron chi connectivity index (χ1n) is 6.21. The highest BCUT2D eigenvalue weighted by Crippen LogP contribution is 2.21. The summed E-state index contributed by atoms with van der Waals surface area (Å²) >= 11 is 0. The smallest absolute Gasteiger partial charge is 0.115 e. The van der Waals surface area contributed by atoms with Gasteiger partial charge in [0.2, 0.25) is 0 Å². The Morgan fingerprint density at radius 1 is 1.31 bits per heavy atom. The minimum atomic E-state index is 0.472. The Labute approximate surface area is 98.7 Å². The third-order valence-electron chi connectivity index (χ3n) is 2.96. The van der Waals surface area contributed by atoms with Gasteiger partial charge in [0.05, 0.1) is 0 Å². The monoisotopic (exact) mass is 221 g/mol. The molecule has 16 heavy (non-hydrogen) atoms. The van der Waals surface area contributed by atoms with E-state index in [4.69, 9.17) is 0 Å². The Kier molecular flexibility index (Phi) is 5.39. The lowest BCUT2D eigenvalue weighted by Crippen LogP contribution is -2.33. The summed E-state index contributed by atoms with van der Waals surface area (Å²) in [5.41, 5.74) is 2.21. The van der Waals surface area contributed by atoms with Gasteiger partial charge < -0.3 is 5.32 Å². The van der Waals surface area contributed by atoms with Gasteiger partial charge in [0.15, 0.2) is 0 Å². The van der Waals surface area contributed by atoms with Crippen LogP contribution in [0.25, 0.3) is 0 Å². The van der Waals surface area contributed by atoms with Crippen LogP contribution in [0.15, 0.2) is 12.4 Å². The molecule has 1 aromatic rings. The predicted octanol–water partition coefficient (Wildman–Crippen LogP) is 2.67. The van der Waals surface area contributed by atoms with Gasteiger partial charge in [-0.15, -0.1) is 0 Å². The summed E-state index contributed by atoms with van der Waals surface area (Å²) < 4.78 is 0. The van der Waals surface area contributed by atoms with Gasteiger partial charge in [-0.3, -0.25) is 0 Å². The van der Waals surface area contributed by atoms with E-state index in [1.54, 1.807) is 6.33 Å². The molecule has 2 unspecified atom stereocenters. The molecular weight excluding hydrogens is 198 g/mol. The van der Waals surface area contributed by atoms with Crippen LogP contribution in [0, 0.1) is 6.92 Å². The zero-order valence-electron chi connectivity index (χ0n) is 10.8. The number of aromatic nitrogens is 2. The van der Waals surface area contributed by atoms with Crippen LogP contribution < -0.4 is 5.32 Å². The molecule has 0 amide bonds. The molecule has 0 aromatic carbocycles. The molecule has 90 valence electrons. The van der Waals surface area contributed by atoms with Crippen molar-refractivity contribution in [3.63, 3.8) is 0 Å². The van der Waals surface area contributed by atoms with E-state index in [9.17, 15) is 0 Å². The molecular formula is C13H23N3. The SMILES string of the molecule is CCCNC(C)C(CC)c1cc(C)ncn1. The maximum Gasteiger partial charge on any atom is 0.115 e. The van der Waals surface area contributed by atoms with Crippen molar-refractivity contribution in [1.82, 2.24) is 15.3 Å². The molecule has 3 nitrogen and oxygen atoms in total. The van der Waals surface area contributed by atoms with E-state index in [2.05, 4.69) is 42.1 Å². The molecule has 0 aliphatic heterocycles. The molecule has 1 heterocycles. The summed E-state index contributed by atoms with van der Waals surface area (Å²) in [5.74, 6) is 0.480. The second kappa shape index (κ2) is 6.59. The molecule has 0 fully saturated rings. The van der Waals surface area contributed by atoms with Gasteiger partial charge in [0, 0.05) is 23.3 Å². The maximum absolute atomic E-state index is 4.39. The van der Waals surface area contributed by atoms with Gasteiger partial charge in [-0.1, -0.05) is 13.8 Å². The Morgan fingerprint density at radius 2 is 2.06 bits per heavy atom. The average molecular weight is 221 g/mol. The van der Waals surface area contributed by atoms with Gasteiger partial charge in [-0.2, -0.15) is 0 Å². The Bertz CT molecular complexity index is 312. The lowest BCUT2D eigenvalue weighted by molar-refractivity contribution is 0.442. The number of rotatable bonds is 6. The van der Waals surface area contributed by atoms with Crippen molar-refractivity contribution in [3.05, 3.63) is 23.8 Å². The Hall–Kier alpha value is -0.960. The van der Waals surface area contributed by atoms with E-state index in [1.165, 1.54) is 6.42 Å². The fourth-order valence-corrected chi connectivity index (χ4v) is 2.01. The van der Waals surface area contributed by atoms with Crippen LogP contribution >= 0.6 is 0 Å². The molecule has 0 radical (unpaired) electrons. The number of nitrogens with one attached hydrogen (secondary N) is 1.